The summed E-state index contributed by atoms with van der Waals surface area (Å²) in [6, 6.07) is 0. The molecule has 0 aromatic carbocycles. The van der Waals surface area contributed by atoms with Gasteiger partial charge in [0.25, 0.3) is 0 Å². The summed E-state index contributed by atoms with van der Waals surface area (Å²) >= 11 is 2.42. The second-order valence-corrected chi connectivity index (χ2v) is 7.95. The Bertz CT molecular complexity index is 604. The molecule has 0 aliphatic heterocycles. The highest BCUT2D eigenvalue weighted by atomic mass is 32.2. The Labute approximate surface area is 168 Å². The van der Waals surface area contributed by atoms with Crippen LogP contribution in [0.4, 0.5) is 5.13 Å². The molecule has 0 radical (unpaired) electrons. The van der Waals surface area contributed by atoms with Crippen LogP contribution in [0.15, 0.2) is 4.34 Å². The van der Waals surface area contributed by atoms with E-state index in [1.165, 1.54) is 23.1 Å². The standard InChI is InChI=1S/C17H28N4O4S2/c1-4-10-21(11-5-2)14(23)9-7-8-13(22)18-16-19-20-17(27-16)26-12-15(24)25-6-3/h4-12H2,1-3H3,(H,18,19,22). The summed E-state index contributed by atoms with van der Waals surface area (Å²) in [5, 5.41) is 10.9. The molecule has 27 heavy (non-hydrogen) atoms. The lowest BCUT2D eigenvalue weighted by atomic mass is 10.2. The third-order valence-corrected chi connectivity index (χ3v) is 5.35. The van der Waals surface area contributed by atoms with Gasteiger partial charge in [0.1, 0.15) is 0 Å². The van der Waals surface area contributed by atoms with Crippen LogP contribution in [0.5, 0.6) is 0 Å². The number of rotatable bonds is 13. The number of amides is 2. The number of esters is 1. The summed E-state index contributed by atoms with van der Waals surface area (Å²) in [6.45, 7) is 7.70. The predicted molar refractivity (Wildman–Crippen MR) is 107 cm³/mol. The van der Waals surface area contributed by atoms with Crippen molar-refractivity contribution in [2.24, 2.45) is 0 Å². The SMILES string of the molecule is CCCN(CCC)C(=O)CCCC(=O)Nc1nnc(SCC(=O)OCC)s1. The quantitative estimate of drug-likeness (QED) is 0.300. The van der Waals surface area contributed by atoms with Crippen molar-refractivity contribution in [3.8, 4) is 0 Å². The van der Waals surface area contributed by atoms with Crippen molar-refractivity contribution in [1.29, 1.82) is 0 Å². The fraction of sp³-hybridized carbons (Fsp3) is 0.706. The predicted octanol–water partition coefficient (Wildman–Crippen LogP) is 2.95. The lowest BCUT2D eigenvalue weighted by molar-refractivity contribution is -0.140. The molecule has 10 heteroatoms. The van der Waals surface area contributed by atoms with E-state index in [1.54, 1.807) is 6.92 Å². The molecule has 0 unspecified atom stereocenters. The van der Waals surface area contributed by atoms with Gasteiger partial charge >= 0.3 is 5.97 Å². The van der Waals surface area contributed by atoms with E-state index >= 15 is 0 Å². The van der Waals surface area contributed by atoms with Gasteiger partial charge in [0.05, 0.1) is 12.4 Å². The highest BCUT2D eigenvalue weighted by Gasteiger charge is 2.14. The minimum absolute atomic E-state index is 0.0973. The van der Waals surface area contributed by atoms with Crippen molar-refractivity contribution in [2.75, 3.05) is 30.8 Å². The van der Waals surface area contributed by atoms with Crippen molar-refractivity contribution >= 4 is 46.0 Å². The summed E-state index contributed by atoms with van der Waals surface area (Å²) in [4.78, 5) is 37.3. The normalized spacial score (nSPS) is 10.5. The highest BCUT2D eigenvalue weighted by molar-refractivity contribution is 8.01. The molecular formula is C17H28N4O4S2. The van der Waals surface area contributed by atoms with Gasteiger partial charge in [-0.1, -0.05) is 36.9 Å². The van der Waals surface area contributed by atoms with E-state index in [0.717, 1.165) is 25.9 Å². The average Bonchev–Trinajstić information content (AvgIpc) is 3.07. The summed E-state index contributed by atoms with van der Waals surface area (Å²) in [6.07, 6.45) is 2.98. The second kappa shape index (κ2) is 13.5. The number of aromatic nitrogens is 2. The molecule has 0 fully saturated rings. The molecule has 0 spiro atoms. The van der Waals surface area contributed by atoms with Crippen LogP contribution < -0.4 is 5.32 Å². The molecule has 0 saturated heterocycles. The Morgan fingerprint density at radius 1 is 1.11 bits per heavy atom. The van der Waals surface area contributed by atoms with Crippen LogP contribution >= 0.6 is 23.1 Å². The van der Waals surface area contributed by atoms with Crippen LogP contribution in [0.1, 0.15) is 52.9 Å². The third kappa shape index (κ3) is 9.71. The number of anilines is 1. The average molecular weight is 417 g/mol. The molecule has 1 heterocycles. The minimum atomic E-state index is -0.312. The summed E-state index contributed by atoms with van der Waals surface area (Å²) in [7, 11) is 0. The number of nitrogens with one attached hydrogen (secondary N) is 1. The molecule has 1 rings (SSSR count). The number of thioether (sulfide) groups is 1. The molecule has 0 saturated carbocycles. The Morgan fingerprint density at radius 3 is 2.44 bits per heavy atom. The van der Waals surface area contributed by atoms with Gasteiger partial charge < -0.3 is 15.0 Å². The summed E-state index contributed by atoms with van der Waals surface area (Å²) in [5.74, 6) is -0.253. The molecule has 0 bridgehead atoms. The number of ether oxygens (including phenoxy) is 1. The van der Waals surface area contributed by atoms with Gasteiger partial charge in [0.2, 0.25) is 16.9 Å². The van der Waals surface area contributed by atoms with E-state index in [2.05, 4.69) is 15.5 Å². The van der Waals surface area contributed by atoms with Gasteiger partial charge in [0, 0.05) is 25.9 Å². The molecule has 152 valence electrons. The van der Waals surface area contributed by atoms with E-state index in [9.17, 15) is 14.4 Å². The van der Waals surface area contributed by atoms with E-state index in [-0.39, 0.29) is 30.0 Å². The van der Waals surface area contributed by atoms with Gasteiger partial charge in [-0.3, -0.25) is 14.4 Å². The zero-order chi connectivity index (χ0) is 20.1. The fourth-order valence-electron chi connectivity index (χ4n) is 2.28. The van der Waals surface area contributed by atoms with Crippen molar-refractivity contribution in [3.63, 3.8) is 0 Å². The maximum Gasteiger partial charge on any atom is 0.316 e. The maximum absolute atomic E-state index is 12.2. The number of nitrogens with zero attached hydrogens (tertiary/aromatic N) is 3. The van der Waals surface area contributed by atoms with Crippen LogP contribution in [0.2, 0.25) is 0 Å². The van der Waals surface area contributed by atoms with Gasteiger partial charge in [-0.05, 0) is 26.2 Å². The van der Waals surface area contributed by atoms with Crippen molar-refractivity contribution in [2.45, 2.75) is 57.2 Å². The molecule has 1 N–H and O–H groups in total. The van der Waals surface area contributed by atoms with Gasteiger partial charge in [-0.25, -0.2) is 0 Å². The lowest BCUT2D eigenvalue weighted by Gasteiger charge is -2.21. The third-order valence-electron chi connectivity index (χ3n) is 3.41. The summed E-state index contributed by atoms with van der Waals surface area (Å²) < 4.78 is 5.43. The Morgan fingerprint density at radius 2 is 1.81 bits per heavy atom. The molecular weight excluding hydrogens is 388 g/mol. The molecule has 8 nitrogen and oxygen atoms in total. The Balaban J connectivity index is 2.32. The first-order valence-corrected chi connectivity index (χ1v) is 11.0. The van der Waals surface area contributed by atoms with Gasteiger partial charge in [-0.15, -0.1) is 10.2 Å². The molecule has 0 aliphatic rings. The first-order chi connectivity index (χ1) is 13.0. The highest BCUT2D eigenvalue weighted by Crippen LogP contribution is 2.25. The molecule has 0 aliphatic carbocycles. The van der Waals surface area contributed by atoms with Gasteiger partial charge in [0.15, 0.2) is 4.34 Å². The minimum Gasteiger partial charge on any atom is -0.465 e. The van der Waals surface area contributed by atoms with E-state index in [1.807, 2.05) is 18.7 Å². The van der Waals surface area contributed by atoms with Crippen LogP contribution in [-0.2, 0) is 19.1 Å². The van der Waals surface area contributed by atoms with Gasteiger partial charge in [-0.2, -0.15) is 0 Å². The molecule has 1 aromatic rings. The smallest absolute Gasteiger partial charge is 0.316 e. The number of carbonyl (C=O) groups excluding carboxylic acids is 3. The van der Waals surface area contributed by atoms with Crippen molar-refractivity contribution in [1.82, 2.24) is 15.1 Å². The number of hydrogen-bond donors (Lipinski definition) is 1. The second-order valence-electron chi connectivity index (χ2n) is 5.75. The summed E-state index contributed by atoms with van der Waals surface area (Å²) in [5.41, 5.74) is 0. The maximum atomic E-state index is 12.2. The first kappa shape index (κ1) is 23.4. The van der Waals surface area contributed by atoms with Crippen LogP contribution in [-0.4, -0.2) is 58.3 Å². The number of carbonyl (C=O) groups is 3. The Kier molecular flexibility index (Phi) is 11.7. The van der Waals surface area contributed by atoms with Crippen LogP contribution in [0.25, 0.3) is 0 Å². The van der Waals surface area contributed by atoms with Crippen LogP contribution in [0.3, 0.4) is 0 Å². The van der Waals surface area contributed by atoms with E-state index in [0.29, 0.717) is 28.9 Å². The number of hydrogen-bond acceptors (Lipinski definition) is 8. The van der Waals surface area contributed by atoms with Crippen LogP contribution in [0, 0.1) is 0 Å². The van der Waals surface area contributed by atoms with E-state index in [4.69, 9.17) is 4.74 Å². The molecule has 1 aromatic heterocycles. The fourth-order valence-corrected chi connectivity index (χ4v) is 3.85. The monoisotopic (exact) mass is 416 g/mol. The zero-order valence-corrected chi connectivity index (χ0v) is 17.8. The largest absolute Gasteiger partial charge is 0.465 e. The molecule has 0 atom stereocenters. The molecule has 2 amide bonds. The van der Waals surface area contributed by atoms with Crippen molar-refractivity contribution < 1.29 is 19.1 Å². The Hall–Kier alpha value is -1.68. The van der Waals surface area contributed by atoms with E-state index < -0.39 is 0 Å². The topological polar surface area (TPSA) is 101 Å². The van der Waals surface area contributed by atoms with Crippen molar-refractivity contribution in [3.05, 3.63) is 0 Å². The lowest BCUT2D eigenvalue weighted by Crippen LogP contribution is -2.32. The zero-order valence-electron chi connectivity index (χ0n) is 16.2. The first-order valence-electron chi connectivity index (χ1n) is 9.19.